The largest absolute Gasteiger partial charge is 0.372 e. The molecule has 74 valence electrons. The van der Waals surface area contributed by atoms with Crippen LogP contribution in [0.25, 0.3) is 0 Å². The van der Waals surface area contributed by atoms with Crippen molar-refractivity contribution < 1.29 is 9.59 Å². The molecular formula is C9H16N2O2. The Kier molecular flexibility index (Phi) is 11.3. The van der Waals surface area contributed by atoms with E-state index < -0.39 is 0 Å². The molecule has 13 heavy (non-hydrogen) atoms. The van der Waals surface area contributed by atoms with Gasteiger partial charge in [-0.3, -0.25) is 9.59 Å². The third-order valence-electron chi connectivity index (χ3n) is 1.55. The lowest BCUT2D eigenvalue weighted by Gasteiger charge is -2.10. The van der Waals surface area contributed by atoms with Crippen LogP contribution >= 0.6 is 0 Å². The first-order chi connectivity index (χ1) is 6.22. The Labute approximate surface area is 79.1 Å². The Morgan fingerprint density at radius 1 is 1.38 bits per heavy atom. The van der Waals surface area contributed by atoms with E-state index in [0.29, 0.717) is 0 Å². The van der Waals surface area contributed by atoms with Crippen molar-refractivity contribution in [2.45, 2.75) is 19.8 Å². The summed E-state index contributed by atoms with van der Waals surface area (Å²) >= 11 is 0. The molecule has 1 heterocycles. The average molecular weight is 184 g/mol. The summed E-state index contributed by atoms with van der Waals surface area (Å²) in [7, 11) is 0. The van der Waals surface area contributed by atoms with Gasteiger partial charge in [0.15, 0.2) is 0 Å². The van der Waals surface area contributed by atoms with Gasteiger partial charge in [0.2, 0.25) is 12.3 Å². The van der Waals surface area contributed by atoms with E-state index in [4.69, 9.17) is 4.79 Å². The van der Waals surface area contributed by atoms with Crippen molar-refractivity contribution in [1.82, 2.24) is 4.90 Å². The summed E-state index contributed by atoms with van der Waals surface area (Å²) in [5.41, 5.74) is 4.17. The number of likely N-dealkylation sites (tertiary alicyclic amines) is 1. The number of hydrogen-bond acceptors (Lipinski definition) is 2. The second kappa shape index (κ2) is 10.5. The Morgan fingerprint density at radius 3 is 1.85 bits per heavy atom. The van der Waals surface area contributed by atoms with Crippen LogP contribution in [-0.2, 0) is 9.59 Å². The van der Waals surface area contributed by atoms with Gasteiger partial charge in [0.25, 0.3) is 0 Å². The van der Waals surface area contributed by atoms with Crippen molar-refractivity contribution in [3.05, 3.63) is 0 Å². The first kappa shape index (κ1) is 14.0. The molecule has 2 amide bonds. The van der Waals surface area contributed by atoms with E-state index in [1.807, 2.05) is 4.90 Å². The van der Waals surface area contributed by atoms with Crippen LogP contribution in [0.5, 0.6) is 0 Å². The Balaban J connectivity index is 0. The van der Waals surface area contributed by atoms with E-state index in [0.717, 1.165) is 13.1 Å². The van der Waals surface area contributed by atoms with Crippen LogP contribution in [0.1, 0.15) is 19.8 Å². The van der Waals surface area contributed by atoms with Gasteiger partial charge in [-0.25, -0.2) is 0 Å². The molecule has 0 aromatic heterocycles. The van der Waals surface area contributed by atoms with Crippen LogP contribution in [0.3, 0.4) is 0 Å². The highest BCUT2D eigenvalue weighted by Crippen LogP contribution is 2.05. The molecular weight excluding hydrogens is 168 g/mol. The minimum Gasteiger partial charge on any atom is -0.372 e. The van der Waals surface area contributed by atoms with Crippen LogP contribution in [0.2, 0.25) is 0 Å². The van der Waals surface area contributed by atoms with Gasteiger partial charge in [-0.05, 0) is 12.8 Å². The predicted octanol–water partition coefficient (Wildman–Crippen LogP) is -0.0204. The molecule has 0 aromatic carbocycles. The second-order valence-corrected chi connectivity index (χ2v) is 2.35. The molecule has 0 unspecified atom stereocenters. The van der Waals surface area contributed by atoms with E-state index in [-0.39, 0.29) is 12.3 Å². The smallest absolute Gasteiger partial charge is 0.219 e. The summed E-state index contributed by atoms with van der Waals surface area (Å²) < 4.78 is 0. The predicted molar refractivity (Wildman–Crippen MR) is 51.6 cm³/mol. The van der Waals surface area contributed by atoms with Crippen molar-refractivity contribution in [2.24, 2.45) is 5.73 Å². The maximum Gasteiger partial charge on any atom is 0.219 e. The van der Waals surface area contributed by atoms with Crippen molar-refractivity contribution in [3.8, 4) is 12.8 Å². The maximum absolute atomic E-state index is 10.6. The number of carbonyl (C=O) groups excluding carboxylic acids is 2. The Bertz CT molecular complexity index is 160. The van der Waals surface area contributed by atoms with Crippen molar-refractivity contribution in [2.75, 3.05) is 13.1 Å². The van der Waals surface area contributed by atoms with E-state index >= 15 is 0 Å². The summed E-state index contributed by atoms with van der Waals surface area (Å²) in [6, 6.07) is 0. The fourth-order valence-corrected chi connectivity index (χ4v) is 1.03. The molecule has 0 saturated carbocycles. The van der Waals surface area contributed by atoms with E-state index in [1.165, 1.54) is 12.8 Å². The Hall–Kier alpha value is -1.50. The average Bonchev–Trinajstić information content (AvgIpc) is 2.61. The minimum atomic E-state index is 0.225. The van der Waals surface area contributed by atoms with Gasteiger partial charge in [-0.2, -0.15) is 0 Å². The van der Waals surface area contributed by atoms with Gasteiger partial charge in [0.1, 0.15) is 0 Å². The quantitative estimate of drug-likeness (QED) is 0.425. The highest BCUT2D eigenvalue weighted by Gasteiger charge is 2.12. The van der Waals surface area contributed by atoms with Crippen molar-refractivity contribution >= 4 is 12.3 Å². The number of rotatable bonds is 0. The molecule has 4 nitrogen and oxygen atoms in total. The number of primary amides is 1. The third kappa shape index (κ3) is 8.41. The zero-order valence-electron chi connectivity index (χ0n) is 7.90. The molecule has 0 aromatic rings. The number of hydrogen-bond donors (Lipinski definition) is 1. The van der Waals surface area contributed by atoms with Gasteiger partial charge in [-0.15, -0.1) is 12.8 Å². The SMILES string of the molecule is C#C.CC(=O)N1CCCC1.NC=O. The molecule has 0 bridgehead atoms. The number of nitrogens with zero attached hydrogens (tertiary/aromatic N) is 1. The minimum absolute atomic E-state index is 0.225. The number of terminal acetylenes is 1. The lowest BCUT2D eigenvalue weighted by atomic mass is 10.4. The lowest BCUT2D eigenvalue weighted by Crippen LogP contribution is -2.24. The van der Waals surface area contributed by atoms with Crippen molar-refractivity contribution in [3.63, 3.8) is 0 Å². The molecule has 2 N–H and O–H groups in total. The molecule has 0 aliphatic carbocycles. The molecule has 1 rings (SSSR count). The standard InChI is InChI=1S/C6H11NO.C2H2.CH3NO/c1-6(8)7-4-2-3-5-7;1-2;2-1-3/h2-5H2,1H3;1-2H;1H,(H2,2,3). The highest BCUT2D eigenvalue weighted by molar-refractivity contribution is 5.73. The van der Waals surface area contributed by atoms with Crippen LogP contribution in [0.15, 0.2) is 0 Å². The van der Waals surface area contributed by atoms with E-state index in [1.54, 1.807) is 6.92 Å². The summed E-state index contributed by atoms with van der Waals surface area (Å²) in [6.45, 7) is 3.59. The molecule has 0 radical (unpaired) electrons. The van der Waals surface area contributed by atoms with E-state index in [2.05, 4.69) is 18.6 Å². The van der Waals surface area contributed by atoms with Gasteiger partial charge >= 0.3 is 0 Å². The molecule has 1 fully saturated rings. The monoisotopic (exact) mass is 184 g/mol. The second-order valence-electron chi connectivity index (χ2n) is 2.35. The molecule has 1 aliphatic rings. The molecule has 4 heteroatoms. The van der Waals surface area contributed by atoms with E-state index in [9.17, 15) is 4.79 Å². The molecule has 0 atom stereocenters. The van der Waals surface area contributed by atoms with Crippen molar-refractivity contribution in [1.29, 1.82) is 0 Å². The molecule has 1 aliphatic heterocycles. The van der Waals surface area contributed by atoms with Crippen LogP contribution in [0, 0.1) is 12.8 Å². The van der Waals surface area contributed by atoms with Gasteiger partial charge in [-0.1, -0.05) is 0 Å². The third-order valence-corrected chi connectivity index (χ3v) is 1.55. The van der Waals surface area contributed by atoms with Crippen LogP contribution < -0.4 is 5.73 Å². The number of nitrogens with two attached hydrogens (primary N) is 1. The maximum atomic E-state index is 10.6. The Morgan fingerprint density at radius 2 is 1.69 bits per heavy atom. The summed E-state index contributed by atoms with van der Waals surface area (Å²) in [5.74, 6) is 0.225. The zero-order chi connectivity index (χ0) is 10.7. The highest BCUT2D eigenvalue weighted by atomic mass is 16.2. The zero-order valence-corrected chi connectivity index (χ0v) is 7.90. The van der Waals surface area contributed by atoms with Gasteiger partial charge in [0.05, 0.1) is 0 Å². The fraction of sp³-hybridized carbons (Fsp3) is 0.556. The van der Waals surface area contributed by atoms with Gasteiger partial charge < -0.3 is 10.6 Å². The first-order valence-electron chi connectivity index (χ1n) is 3.96. The first-order valence-corrected chi connectivity index (χ1v) is 3.96. The summed E-state index contributed by atoms with van der Waals surface area (Å²) in [4.78, 5) is 21.0. The topological polar surface area (TPSA) is 63.4 Å². The molecule has 0 spiro atoms. The van der Waals surface area contributed by atoms with Crippen LogP contribution in [0.4, 0.5) is 0 Å². The fourth-order valence-electron chi connectivity index (χ4n) is 1.03. The summed E-state index contributed by atoms with van der Waals surface area (Å²) in [5, 5.41) is 0. The number of amides is 2. The van der Waals surface area contributed by atoms with Crippen LogP contribution in [-0.4, -0.2) is 30.3 Å². The molecule has 1 saturated heterocycles. The summed E-state index contributed by atoms with van der Waals surface area (Å²) in [6.07, 6.45) is 10.6. The normalized spacial score (nSPS) is 13.0. The number of carbonyl (C=O) groups is 2. The van der Waals surface area contributed by atoms with Gasteiger partial charge in [0, 0.05) is 20.0 Å². The lowest BCUT2D eigenvalue weighted by molar-refractivity contribution is -0.127.